The minimum atomic E-state index is 0.249. The maximum absolute atomic E-state index is 9.70. The van der Waals surface area contributed by atoms with Crippen LogP contribution in [0.1, 0.15) is 5.56 Å². The lowest BCUT2D eigenvalue weighted by atomic mass is 9.91. The highest BCUT2D eigenvalue weighted by Gasteiger charge is 2.31. The fourth-order valence-corrected chi connectivity index (χ4v) is 15.0. The van der Waals surface area contributed by atoms with Gasteiger partial charge in [-0.05, 0) is 207 Å². The predicted octanol–water partition coefficient (Wildman–Crippen LogP) is 21.7. The summed E-state index contributed by atoms with van der Waals surface area (Å²) in [4.78, 5) is 2.10. The molecule has 0 aliphatic heterocycles. The Morgan fingerprint density at radius 1 is 0.280 bits per heavy atom. The lowest BCUT2D eigenvalue weighted by Crippen LogP contribution is -2.50. The van der Waals surface area contributed by atoms with Crippen LogP contribution >= 0.6 is 0 Å². The molecule has 0 radical (unpaired) electrons. The number of para-hydroxylation sites is 4. The van der Waals surface area contributed by atoms with Gasteiger partial charge in [-0.1, -0.05) is 194 Å². The van der Waals surface area contributed by atoms with Gasteiger partial charge in [-0.15, -0.1) is 0 Å². The maximum Gasteiger partial charge on any atom is 0.246 e. The molecule has 1 aliphatic carbocycles. The molecule has 18 rings (SSSR count). The van der Waals surface area contributed by atoms with E-state index in [0.717, 1.165) is 129 Å². The Bertz CT molecular complexity index is 5770. The third-order valence-corrected chi connectivity index (χ3v) is 20.1. The average molecular weight is 1290 g/mol. The Labute approximate surface area is 578 Å². The van der Waals surface area contributed by atoms with Crippen molar-refractivity contribution in [1.82, 2.24) is 13.7 Å². The molecule has 3 N–H and O–H groups in total. The zero-order chi connectivity index (χ0) is 67.0. The van der Waals surface area contributed by atoms with Crippen molar-refractivity contribution in [3.05, 3.63) is 351 Å². The van der Waals surface area contributed by atoms with Crippen LogP contribution < -0.4 is 19.8 Å². The van der Waals surface area contributed by atoms with Gasteiger partial charge in [0.2, 0.25) is 5.71 Å². The lowest BCUT2D eigenvalue weighted by molar-refractivity contribution is -0.109. The van der Waals surface area contributed by atoms with Gasteiger partial charge in [0.15, 0.2) is 0 Å². The zero-order valence-corrected chi connectivity index (χ0v) is 55.0. The summed E-state index contributed by atoms with van der Waals surface area (Å²) in [6.45, 7) is 0. The number of nitrogens with two attached hydrogens (primary N) is 1. The number of fused-ring (bicyclic) bond motifs is 9. The number of anilines is 2. The van der Waals surface area contributed by atoms with Gasteiger partial charge in [0, 0.05) is 66.3 Å². The van der Waals surface area contributed by atoms with Crippen molar-refractivity contribution in [1.29, 1.82) is 5.41 Å². The van der Waals surface area contributed by atoms with Crippen LogP contribution in [0.2, 0.25) is 0 Å². The highest BCUT2D eigenvalue weighted by atomic mass is 16.5. The number of hydrogen-bond acceptors (Lipinski definition) is 4. The van der Waals surface area contributed by atoms with E-state index < -0.39 is 0 Å². The van der Waals surface area contributed by atoms with Gasteiger partial charge in [-0.25, -0.2) is 0 Å². The van der Waals surface area contributed by atoms with E-state index in [9.17, 15) is 5.41 Å². The third kappa shape index (κ3) is 10.2. The minimum absolute atomic E-state index is 0.249. The van der Waals surface area contributed by atoms with Gasteiger partial charge in [-0.3, -0.25) is 10.8 Å². The Morgan fingerprint density at radius 3 is 0.910 bits per heavy atom. The minimum Gasteiger partial charge on any atom is -0.497 e. The molecule has 0 unspecified atom stereocenters. The first-order chi connectivity index (χ1) is 49.3. The van der Waals surface area contributed by atoms with Crippen molar-refractivity contribution in [2.45, 2.75) is 0 Å². The predicted molar refractivity (Wildman–Crippen MR) is 415 cm³/mol. The molecule has 0 atom stereocenters. The summed E-state index contributed by atoms with van der Waals surface area (Å²) in [5, 5.41) is 24.2. The van der Waals surface area contributed by atoms with E-state index in [1.165, 1.54) is 43.6 Å². The van der Waals surface area contributed by atoms with Crippen molar-refractivity contribution in [3.63, 3.8) is 0 Å². The van der Waals surface area contributed by atoms with Gasteiger partial charge >= 0.3 is 0 Å². The van der Waals surface area contributed by atoms with Crippen LogP contribution in [0, 0.1) is 5.41 Å². The summed E-state index contributed by atoms with van der Waals surface area (Å²) >= 11 is 0. The highest BCUT2D eigenvalue weighted by molar-refractivity contribution is 6.60. The smallest absolute Gasteiger partial charge is 0.246 e. The molecular weight excluding hydrogens is 1220 g/mol. The summed E-state index contributed by atoms with van der Waals surface area (Å²) < 4.78 is 18.1. The number of benzene rings is 14. The number of nitrogens with one attached hydrogen (secondary N) is 1. The molecule has 0 saturated carbocycles. The molecule has 0 spiro atoms. The Balaban J connectivity index is 0.679. The quantitative estimate of drug-likeness (QED) is 0.106. The molecule has 0 bridgehead atoms. The number of rotatable bonds is 14. The van der Waals surface area contributed by atoms with E-state index in [4.69, 9.17) is 14.9 Å². The second-order valence-corrected chi connectivity index (χ2v) is 25.6. The monoisotopic (exact) mass is 1290 g/mol. The van der Waals surface area contributed by atoms with Crippen LogP contribution in [0.5, 0.6) is 11.5 Å². The normalized spacial score (nSPS) is 12.5. The zero-order valence-electron chi connectivity index (χ0n) is 55.0. The average Bonchev–Trinajstić information content (AvgIpc) is 1.58. The first-order valence-corrected chi connectivity index (χ1v) is 33.7. The second-order valence-electron chi connectivity index (χ2n) is 25.6. The van der Waals surface area contributed by atoms with Gasteiger partial charge in [0.25, 0.3) is 0 Å². The molecule has 8 nitrogen and oxygen atoms in total. The summed E-state index contributed by atoms with van der Waals surface area (Å²) in [6, 6.07) is 117. The first kappa shape index (κ1) is 59.2. The van der Waals surface area contributed by atoms with E-state index in [2.05, 4.69) is 310 Å². The summed E-state index contributed by atoms with van der Waals surface area (Å²) in [6.07, 6.45) is 4.04. The summed E-state index contributed by atoms with van der Waals surface area (Å²) in [5.74, 6) is 1.55. The highest BCUT2D eigenvalue weighted by Crippen LogP contribution is 2.42. The molecule has 3 heterocycles. The topological polar surface area (TPSA) is 85.9 Å². The molecule has 8 heteroatoms. The first-order valence-electron chi connectivity index (χ1n) is 33.7. The number of methoxy groups -OCH3 is 2. The van der Waals surface area contributed by atoms with Gasteiger partial charge < -0.3 is 28.1 Å². The van der Waals surface area contributed by atoms with E-state index in [1.54, 1.807) is 14.2 Å². The molecule has 14 aromatic carbocycles. The maximum atomic E-state index is 9.70. The molecule has 17 aromatic rings. The molecule has 1 aliphatic rings. The molecular formula is C92H65N6O2+. The molecule has 3 aromatic heterocycles. The standard InChI is InChI=1S/C92H64N6O2/c1-99-75-49-35-64(36-50-75)63-27-39-70(40-28-63)95(71-47-51-76(100-2)52-48-71)90-56-53-77(91(93)92(90)94)67-33-45-74(46-34-67)98-88-54-37-68(65-23-19-59(20-24-65)61-29-41-72(42-30-61)96-84-15-7-3-11-78(84)79-12-4-8-16-85(79)96)57-82(88)83-58-69(38-55-89(83)98)66-25-21-60(22-26-66)62-31-43-73(44-32-62)97-86-17-9-5-13-80(86)81-14-6-10-18-87(81)97/h3-58,93-94H,1-2H3/p+1. The lowest BCUT2D eigenvalue weighted by Gasteiger charge is -2.28. The Hall–Kier alpha value is -13.3. The fourth-order valence-electron chi connectivity index (χ4n) is 15.0. The largest absolute Gasteiger partial charge is 0.497 e. The van der Waals surface area contributed by atoms with Crippen LogP contribution in [0.25, 0.3) is 144 Å². The number of nitrogens with zero attached hydrogens (tertiary/aromatic N) is 4. The number of aromatic nitrogens is 3. The van der Waals surface area contributed by atoms with Crippen molar-refractivity contribution in [2.24, 2.45) is 0 Å². The van der Waals surface area contributed by atoms with E-state index in [-0.39, 0.29) is 5.71 Å². The number of hydrogen-bond donors (Lipinski definition) is 2. The summed E-state index contributed by atoms with van der Waals surface area (Å²) in [5.41, 5.74) is 26.3. The van der Waals surface area contributed by atoms with Gasteiger partial charge in [-0.2, -0.15) is 0 Å². The Morgan fingerprint density at radius 2 is 0.550 bits per heavy atom. The molecule has 474 valence electrons. The molecule has 100 heavy (non-hydrogen) atoms. The number of ether oxygens (including phenoxy) is 2. The van der Waals surface area contributed by atoms with E-state index >= 15 is 0 Å². The van der Waals surface area contributed by atoms with Crippen LogP contribution in [0.4, 0.5) is 11.4 Å². The van der Waals surface area contributed by atoms with E-state index in [1.807, 2.05) is 48.6 Å². The summed E-state index contributed by atoms with van der Waals surface area (Å²) in [7, 11) is 3.34. The SMILES string of the molecule is COc1ccc(-c2ccc(N(C3=CC=C(c4ccc(-n5c6ccc(-c7ccc(-c8ccc(-n9c%10ccccc%10c%10ccccc%109)cc8)cc7)cc6c6cc(-c7ccc(-c8ccc(-n9c%10ccccc%10c%10ccccc%109)cc8)cc7)ccc65)cc4)C(=N)C3=[NH2+])c3ccc(OC)cc3)cc2)cc1. The van der Waals surface area contributed by atoms with E-state index in [0.29, 0.717) is 11.4 Å². The van der Waals surface area contributed by atoms with Crippen LogP contribution in [0.3, 0.4) is 0 Å². The van der Waals surface area contributed by atoms with Gasteiger partial charge in [0.1, 0.15) is 22.9 Å². The second kappa shape index (κ2) is 24.4. The molecule has 0 saturated heterocycles. The van der Waals surface area contributed by atoms with Crippen LogP contribution in [-0.4, -0.2) is 39.3 Å². The van der Waals surface area contributed by atoms with Gasteiger partial charge in [0.05, 0.1) is 47.3 Å². The fraction of sp³-hybridized carbons (Fsp3) is 0.0217. The van der Waals surface area contributed by atoms with Crippen molar-refractivity contribution in [3.8, 4) is 84.2 Å². The van der Waals surface area contributed by atoms with Crippen molar-refractivity contribution in [2.75, 3.05) is 19.1 Å². The third-order valence-electron chi connectivity index (χ3n) is 20.1. The molecule has 0 fully saturated rings. The van der Waals surface area contributed by atoms with Crippen molar-refractivity contribution >= 4 is 93.8 Å². The number of allylic oxidation sites excluding steroid dienone is 4. The van der Waals surface area contributed by atoms with Crippen LogP contribution in [0.15, 0.2) is 345 Å². The Kier molecular flexibility index (Phi) is 14.5. The van der Waals surface area contributed by atoms with Crippen molar-refractivity contribution < 1.29 is 14.9 Å². The molecule has 0 amide bonds. The van der Waals surface area contributed by atoms with Crippen LogP contribution in [-0.2, 0) is 0 Å².